The fraction of sp³-hybridized carbons (Fsp3) is 0.444. The summed E-state index contributed by atoms with van der Waals surface area (Å²) < 4.78 is 6.47. The SMILES string of the molecule is CC(C)(C)OC(=O)C1=CCCC12Cc1cc(Br)ccc1C2=O. The Morgan fingerprint density at radius 3 is 2.73 bits per heavy atom. The van der Waals surface area contributed by atoms with Gasteiger partial charge in [-0.15, -0.1) is 0 Å². The van der Waals surface area contributed by atoms with E-state index in [1.54, 1.807) is 0 Å². The van der Waals surface area contributed by atoms with Crippen LogP contribution in [0.1, 0.15) is 49.5 Å². The lowest BCUT2D eigenvalue weighted by Gasteiger charge is -2.27. The second-order valence-electron chi connectivity index (χ2n) is 7.05. The zero-order valence-electron chi connectivity index (χ0n) is 13.0. The highest BCUT2D eigenvalue weighted by Gasteiger charge is 2.52. The van der Waals surface area contributed by atoms with E-state index in [1.807, 2.05) is 45.0 Å². The molecule has 1 spiro atoms. The Bertz CT molecular complexity index is 697. The van der Waals surface area contributed by atoms with Gasteiger partial charge >= 0.3 is 5.97 Å². The molecule has 0 radical (unpaired) electrons. The largest absolute Gasteiger partial charge is 0.457 e. The summed E-state index contributed by atoms with van der Waals surface area (Å²) in [4.78, 5) is 25.5. The van der Waals surface area contributed by atoms with Crippen LogP contribution in [0.3, 0.4) is 0 Å². The van der Waals surface area contributed by atoms with Crippen molar-refractivity contribution in [3.05, 3.63) is 45.4 Å². The molecule has 0 aliphatic heterocycles. The van der Waals surface area contributed by atoms with Gasteiger partial charge < -0.3 is 4.74 Å². The number of allylic oxidation sites excluding steroid dienone is 1. The van der Waals surface area contributed by atoms with Crippen molar-refractivity contribution >= 4 is 27.7 Å². The number of ketones is 1. The molecule has 116 valence electrons. The number of rotatable bonds is 1. The zero-order chi connectivity index (χ0) is 16.1. The number of hydrogen-bond donors (Lipinski definition) is 0. The minimum atomic E-state index is -0.717. The number of fused-ring (bicyclic) bond motifs is 1. The second kappa shape index (κ2) is 5.05. The Morgan fingerprint density at radius 2 is 2.05 bits per heavy atom. The summed E-state index contributed by atoms with van der Waals surface area (Å²) in [6.07, 6.45) is 3.90. The summed E-state index contributed by atoms with van der Waals surface area (Å²) in [5.74, 6) is -0.296. The van der Waals surface area contributed by atoms with Crippen molar-refractivity contribution in [3.63, 3.8) is 0 Å². The van der Waals surface area contributed by atoms with Gasteiger partial charge in [-0.3, -0.25) is 4.79 Å². The quantitative estimate of drug-likeness (QED) is 0.701. The first kappa shape index (κ1) is 15.5. The van der Waals surface area contributed by atoms with E-state index in [2.05, 4.69) is 15.9 Å². The van der Waals surface area contributed by atoms with E-state index in [4.69, 9.17) is 4.74 Å². The molecule has 0 saturated heterocycles. The Labute approximate surface area is 138 Å². The van der Waals surface area contributed by atoms with Crippen LogP contribution in [-0.2, 0) is 16.0 Å². The number of carbonyl (C=O) groups is 2. The molecule has 1 atom stereocenters. The lowest BCUT2D eigenvalue weighted by atomic mass is 9.77. The van der Waals surface area contributed by atoms with Crippen molar-refractivity contribution in [2.45, 2.75) is 45.6 Å². The van der Waals surface area contributed by atoms with E-state index < -0.39 is 11.0 Å². The van der Waals surface area contributed by atoms with Crippen LogP contribution >= 0.6 is 15.9 Å². The first-order valence-corrected chi connectivity index (χ1v) is 8.29. The van der Waals surface area contributed by atoms with Crippen LogP contribution in [0.2, 0.25) is 0 Å². The number of ether oxygens (including phenoxy) is 1. The molecule has 1 aromatic rings. The average Bonchev–Trinajstić information content (AvgIpc) is 2.91. The van der Waals surface area contributed by atoms with Crippen LogP contribution in [0.15, 0.2) is 34.3 Å². The molecule has 0 saturated carbocycles. The molecule has 3 rings (SSSR count). The summed E-state index contributed by atoms with van der Waals surface area (Å²) in [5.41, 5.74) is 1.01. The molecule has 1 aromatic carbocycles. The lowest BCUT2D eigenvalue weighted by Crippen LogP contribution is -2.35. The molecule has 0 N–H and O–H groups in total. The zero-order valence-corrected chi connectivity index (χ0v) is 14.6. The molecule has 1 unspecified atom stereocenters. The molecular formula is C18H19BrO3. The molecule has 22 heavy (non-hydrogen) atoms. The molecule has 0 bridgehead atoms. The highest BCUT2D eigenvalue weighted by Crippen LogP contribution is 2.50. The summed E-state index contributed by atoms with van der Waals surface area (Å²) >= 11 is 3.45. The van der Waals surface area contributed by atoms with Crippen molar-refractivity contribution in [2.24, 2.45) is 5.41 Å². The number of Topliss-reactive ketones (excluding diaryl/α,β-unsaturated/α-hetero) is 1. The van der Waals surface area contributed by atoms with E-state index in [0.29, 0.717) is 18.4 Å². The topological polar surface area (TPSA) is 43.4 Å². The molecule has 3 nitrogen and oxygen atoms in total. The van der Waals surface area contributed by atoms with E-state index in [1.165, 1.54) is 0 Å². The Morgan fingerprint density at radius 1 is 1.32 bits per heavy atom. The average molecular weight is 363 g/mol. The van der Waals surface area contributed by atoms with Crippen LogP contribution in [0, 0.1) is 5.41 Å². The standard InChI is InChI=1S/C18H19BrO3/c1-17(2,3)22-16(21)14-5-4-8-18(14)10-11-9-12(19)6-7-13(11)15(18)20/h5-7,9H,4,8,10H2,1-3H3. The van der Waals surface area contributed by atoms with Gasteiger partial charge in [-0.1, -0.05) is 22.0 Å². The predicted octanol–water partition coefficient (Wildman–Crippen LogP) is 4.24. The molecule has 4 heteroatoms. The van der Waals surface area contributed by atoms with Crippen molar-refractivity contribution in [2.75, 3.05) is 0 Å². The Kier molecular flexibility index (Phi) is 3.55. The third kappa shape index (κ3) is 2.43. The summed E-state index contributed by atoms with van der Waals surface area (Å²) in [7, 11) is 0. The molecule has 0 heterocycles. The first-order chi connectivity index (χ1) is 10.2. The second-order valence-corrected chi connectivity index (χ2v) is 7.96. The van der Waals surface area contributed by atoms with Crippen LogP contribution in [0.4, 0.5) is 0 Å². The van der Waals surface area contributed by atoms with Crippen molar-refractivity contribution in [3.8, 4) is 0 Å². The number of carbonyl (C=O) groups excluding carboxylic acids is 2. The Balaban J connectivity index is 1.96. The van der Waals surface area contributed by atoms with Crippen LogP contribution < -0.4 is 0 Å². The molecule has 2 aliphatic carbocycles. The van der Waals surface area contributed by atoms with Crippen LogP contribution in [0.25, 0.3) is 0 Å². The maximum Gasteiger partial charge on any atom is 0.335 e. The highest BCUT2D eigenvalue weighted by molar-refractivity contribution is 9.10. The molecule has 0 fully saturated rings. The normalized spacial score (nSPS) is 23.6. The van der Waals surface area contributed by atoms with Gasteiger partial charge in [0.15, 0.2) is 5.78 Å². The van der Waals surface area contributed by atoms with Crippen LogP contribution in [0.5, 0.6) is 0 Å². The molecule has 0 aromatic heterocycles. The molecular weight excluding hydrogens is 344 g/mol. The van der Waals surface area contributed by atoms with Gasteiger partial charge in [-0.25, -0.2) is 4.79 Å². The van der Waals surface area contributed by atoms with Crippen molar-refractivity contribution in [1.29, 1.82) is 0 Å². The van der Waals surface area contributed by atoms with E-state index in [-0.39, 0.29) is 11.8 Å². The maximum atomic E-state index is 12.9. The Hall–Kier alpha value is -1.42. The number of esters is 1. The van der Waals surface area contributed by atoms with Gasteiger partial charge in [0, 0.05) is 15.6 Å². The summed E-state index contributed by atoms with van der Waals surface area (Å²) in [5, 5.41) is 0. The van der Waals surface area contributed by atoms with Gasteiger partial charge in [0.05, 0.1) is 5.41 Å². The number of halogens is 1. The minimum Gasteiger partial charge on any atom is -0.457 e. The summed E-state index contributed by atoms with van der Waals surface area (Å²) in [6, 6.07) is 5.70. The fourth-order valence-corrected chi connectivity index (χ4v) is 3.83. The van der Waals surface area contributed by atoms with Gasteiger partial charge in [0.25, 0.3) is 0 Å². The maximum absolute atomic E-state index is 12.9. The summed E-state index contributed by atoms with van der Waals surface area (Å²) in [6.45, 7) is 5.53. The van der Waals surface area contributed by atoms with Gasteiger partial charge in [0.2, 0.25) is 0 Å². The van der Waals surface area contributed by atoms with Crippen LogP contribution in [-0.4, -0.2) is 17.4 Å². The minimum absolute atomic E-state index is 0.0598. The predicted molar refractivity (Wildman–Crippen MR) is 87.8 cm³/mol. The fourth-order valence-electron chi connectivity index (χ4n) is 3.42. The van der Waals surface area contributed by atoms with Gasteiger partial charge in [0.1, 0.15) is 5.60 Å². The molecule has 0 amide bonds. The third-order valence-corrected chi connectivity index (χ3v) is 4.79. The van der Waals surface area contributed by atoms with Crippen molar-refractivity contribution in [1.82, 2.24) is 0 Å². The van der Waals surface area contributed by atoms with Gasteiger partial charge in [-0.05, 0) is 63.8 Å². The number of hydrogen-bond acceptors (Lipinski definition) is 3. The smallest absolute Gasteiger partial charge is 0.335 e. The van der Waals surface area contributed by atoms with E-state index >= 15 is 0 Å². The highest BCUT2D eigenvalue weighted by atomic mass is 79.9. The van der Waals surface area contributed by atoms with E-state index in [0.717, 1.165) is 22.0 Å². The number of benzene rings is 1. The van der Waals surface area contributed by atoms with E-state index in [9.17, 15) is 9.59 Å². The first-order valence-electron chi connectivity index (χ1n) is 7.50. The third-order valence-electron chi connectivity index (χ3n) is 4.29. The lowest BCUT2D eigenvalue weighted by molar-refractivity contribution is -0.150. The van der Waals surface area contributed by atoms with Gasteiger partial charge in [-0.2, -0.15) is 0 Å². The molecule has 2 aliphatic rings. The van der Waals surface area contributed by atoms with Crippen molar-refractivity contribution < 1.29 is 14.3 Å². The monoisotopic (exact) mass is 362 g/mol.